The van der Waals surface area contributed by atoms with Gasteiger partial charge in [0.2, 0.25) is 5.91 Å². The van der Waals surface area contributed by atoms with Crippen LogP contribution >= 0.6 is 0 Å². The lowest BCUT2D eigenvalue weighted by molar-refractivity contribution is -0.119. The van der Waals surface area contributed by atoms with Crippen molar-refractivity contribution in [1.82, 2.24) is 5.32 Å². The molecule has 18 heavy (non-hydrogen) atoms. The summed E-state index contributed by atoms with van der Waals surface area (Å²) in [6, 6.07) is 18.2. The third-order valence-electron chi connectivity index (χ3n) is 2.99. The molecule has 90 valence electrons. The van der Waals surface area contributed by atoms with Crippen LogP contribution in [0.5, 0.6) is 0 Å². The summed E-state index contributed by atoms with van der Waals surface area (Å²) in [5.74, 6) is -0.0628. The molecule has 1 aliphatic rings. The summed E-state index contributed by atoms with van der Waals surface area (Å²) < 4.78 is 5.34. The highest BCUT2D eigenvalue weighted by Crippen LogP contribution is 2.23. The molecule has 1 saturated heterocycles. The maximum atomic E-state index is 11.1. The molecule has 2 aromatic carbocycles. The Kier molecular flexibility index (Phi) is 2.82. The van der Waals surface area contributed by atoms with Crippen molar-refractivity contribution in [2.45, 2.75) is 6.23 Å². The molecule has 3 heteroatoms. The van der Waals surface area contributed by atoms with E-state index in [1.807, 2.05) is 42.5 Å². The highest BCUT2D eigenvalue weighted by molar-refractivity contribution is 5.79. The van der Waals surface area contributed by atoms with Gasteiger partial charge in [-0.1, -0.05) is 54.6 Å². The molecule has 0 radical (unpaired) electrons. The topological polar surface area (TPSA) is 38.3 Å². The van der Waals surface area contributed by atoms with Crippen molar-refractivity contribution < 1.29 is 9.53 Å². The number of hydrogen-bond donors (Lipinski definition) is 1. The highest BCUT2D eigenvalue weighted by atomic mass is 16.5. The fourth-order valence-electron chi connectivity index (χ4n) is 2.05. The molecule has 0 spiro atoms. The van der Waals surface area contributed by atoms with Gasteiger partial charge in [0.1, 0.15) is 6.61 Å². The zero-order valence-corrected chi connectivity index (χ0v) is 9.80. The van der Waals surface area contributed by atoms with Gasteiger partial charge >= 0.3 is 0 Å². The first-order valence-corrected chi connectivity index (χ1v) is 5.89. The second kappa shape index (κ2) is 4.63. The minimum Gasteiger partial charge on any atom is -0.344 e. The molecule has 1 amide bonds. The van der Waals surface area contributed by atoms with Gasteiger partial charge in [0.25, 0.3) is 0 Å². The number of ether oxygens (including phenoxy) is 1. The summed E-state index contributed by atoms with van der Waals surface area (Å²) in [5.41, 5.74) is 3.31. The van der Waals surface area contributed by atoms with Crippen LogP contribution < -0.4 is 5.32 Å². The van der Waals surface area contributed by atoms with Crippen molar-refractivity contribution in [1.29, 1.82) is 0 Å². The van der Waals surface area contributed by atoms with Crippen molar-refractivity contribution in [3.63, 3.8) is 0 Å². The highest BCUT2D eigenvalue weighted by Gasteiger charge is 2.22. The van der Waals surface area contributed by atoms with Crippen molar-refractivity contribution in [2.75, 3.05) is 6.61 Å². The third kappa shape index (κ3) is 2.13. The van der Waals surface area contributed by atoms with Crippen molar-refractivity contribution in [3.05, 3.63) is 60.2 Å². The summed E-state index contributed by atoms with van der Waals surface area (Å²) in [5, 5.41) is 2.77. The molecule has 1 N–H and O–H groups in total. The Labute approximate surface area is 105 Å². The largest absolute Gasteiger partial charge is 0.344 e. The van der Waals surface area contributed by atoms with Crippen LogP contribution in [0.25, 0.3) is 11.1 Å². The molecule has 1 fully saturated rings. The van der Waals surface area contributed by atoms with Gasteiger partial charge in [-0.15, -0.1) is 0 Å². The molecular weight excluding hydrogens is 226 g/mol. The molecule has 3 nitrogen and oxygen atoms in total. The van der Waals surface area contributed by atoms with Gasteiger partial charge in [-0.3, -0.25) is 4.79 Å². The second-order valence-corrected chi connectivity index (χ2v) is 4.25. The molecule has 0 aliphatic carbocycles. The van der Waals surface area contributed by atoms with E-state index in [0.717, 1.165) is 11.1 Å². The minimum atomic E-state index is -0.303. The van der Waals surface area contributed by atoms with Crippen molar-refractivity contribution in [3.8, 4) is 11.1 Å². The average molecular weight is 239 g/mol. The van der Waals surface area contributed by atoms with Crippen LogP contribution in [-0.4, -0.2) is 12.5 Å². The number of amides is 1. The van der Waals surface area contributed by atoms with Gasteiger partial charge in [0.05, 0.1) is 0 Å². The minimum absolute atomic E-state index is 0.0628. The molecule has 2 aromatic rings. The lowest BCUT2D eigenvalue weighted by atomic mass is 10.0. The Balaban J connectivity index is 1.83. The first-order valence-electron chi connectivity index (χ1n) is 5.89. The van der Waals surface area contributed by atoms with Gasteiger partial charge in [-0.2, -0.15) is 0 Å². The molecule has 0 saturated carbocycles. The van der Waals surface area contributed by atoms with Crippen LogP contribution in [0.4, 0.5) is 0 Å². The van der Waals surface area contributed by atoms with Crippen LogP contribution in [-0.2, 0) is 9.53 Å². The van der Waals surface area contributed by atoms with E-state index in [9.17, 15) is 4.79 Å². The monoisotopic (exact) mass is 239 g/mol. The second-order valence-electron chi connectivity index (χ2n) is 4.25. The normalized spacial score (nSPS) is 18.7. The van der Waals surface area contributed by atoms with Gasteiger partial charge in [0.15, 0.2) is 6.23 Å². The molecule has 0 aromatic heterocycles. The number of carbonyl (C=O) groups excluding carboxylic acids is 1. The fraction of sp³-hybridized carbons (Fsp3) is 0.133. The zero-order chi connectivity index (χ0) is 12.4. The van der Waals surface area contributed by atoms with E-state index < -0.39 is 0 Å². The van der Waals surface area contributed by atoms with E-state index in [0.29, 0.717) is 0 Å². The van der Waals surface area contributed by atoms with Crippen LogP contribution in [0, 0.1) is 0 Å². The molecule has 3 rings (SSSR count). The quantitative estimate of drug-likeness (QED) is 0.874. The Hall–Kier alpha value is -2.13. The number of benzene rings is 2. The summed E-state index contributed by atoms with van der Waals surface area (Å²) in [4.78, 5) is 11.1. The average Bonchev–Trinajstić information content (AvgIpc) is 2.87. The summed E-state index contributed by atoms with van der Waals surface area (Å²) >= 11 is 0. The Morgan fingerprint density at radius 3 is 2.22 bits per heavy atom. The first kappa shape index (κ1) is 11.0. The number of carbonyl (C=O) groups is 1. The maximum Gasteiger partial charge on any atom is 0.248 e. The van der Waals surface area contributed by atoms with Gasteiger partial charge in [-0.05, 0) is 11.1 Å². The van der Waals surface area contributed by atoms with E-state index in [4.69, 9.17) is 4.74 Å². The Morgan fingerprint density at radius 1 is 0.944 bits per heavy atom. The van der Waals surface area contributed by atoms with Gasteiger partial charge in [-0.25, -0.2) is 0 Å². The van der Waals surface area contributed by atoms with Crippen LogP contribution in [0.15, 0.2) is 54.6 Å². The Bertz CT molecular complexity index is 548. The van der Waals surface area contributed by atoms with E-state index in [-0.39, 0.29) is 18.7 Å². The van der Waals surface area contributed by atoms with Crippen molar-refractivity contribution in [2.24, 2.45) is 0 Å². The van der Waals surface area contributed by atoms with Gasteiger partial charge in [0, 0.05) is 5.56 Å². The van der Waals surface area contributed by atoms with E-state index in [2.05, 4.69) is 17.4 Å². The lowest BCUT2D eigenvalue weighted by Gasteiger charge is -2.10. The summed E-state index contributed by atoms with van der Waals surface area (Å²) in [6.07, 6.45) is -0.303. The standard InChI is InChI=1S/C15H13NO2/c17-14-10-18-15(16-14)13-8-6-12(7-9-13)11-4-2-1-3-5-11/h1-9,15H,10H2,(H,16,17)/t15-/m1/s1. The number of rotatable bonds is 2. The maximum absolute atomic E-state index is 11.1. The predicted octanol–water partition coefficient (Wildman–Crippen LogP) is 2.50. The molecule has 1 heterocycles. The molecule has 0 unspecified atom stereocenters. The van der Waals surface area contributed by atoms with E-state index >= 15 is 0 Å². The number of nitrogens with one attached hydrogen (secondary N) is 1. The fourth-order valence-corrected chi connectivity index (χ4v) is 2.05. The predicted molar refractivity (Wildman–Crippen MR) is 68.7 cm³/mol. The van der Waals surface area contributed by atoms with E-state index in [1.54, 1.807) is 0 Å². The molecular formula is C15H13NO2. The smallest absolute Gasteiger partial charge is 0.248 e. The SMILES string of the molecule is O=C1CO[C@H](c2ccc(-c3ccccc3)cc2)N1. The number of hydrogen-bond acceptors (Lipinski definition) is 2. The third-order valence-corrected chi connectivity index (χ3v) is 2.99. The Morgan fingerprint density at radius 2 is 1.61 bits per heavy atom. The molecule has 1 atom stereocenters. The van der Waals surface area contributed by atoms with Crippen LogP contribution in [0.3, 0.4) is 0 Å². The molecule has 1 aliphatic heterocycles. The zero-order valence-electron chi connectivity index (χ0n) is 9.80. The summed E-state index contributed by atoms with van der Waals surface area (Å²) in [7, 11) is 0. The van der Waals surface area contributed by atoms with E-state index in [1.165, 1.54) is 5.56 Å². The summed E-state index contributed by atoms with van der Waals surface area (Å²) in [6.45, 7) is 0.144. The first-order chi connectivity index (χ1) is 8.83. The van der Waals surface area contributed by atoms with Gasteiger partial charge < -0.3 is 10.1 Å². The van der Waals surface area contributed by atoms with Crippen LogP contribution in [0.2, 0.25) is 0 Å². The van der Waals surface area contributed by atoms with Crippen molar-refractivity contribution >= 4 is 5.91 Å². The lowest BCUT2D eigenvalue weighted by Crippen LogP contribution is -2.19. The van der Waals surface area contributed by atoms with Crippen LogP contribution in [0.1, 0.15) is 11.8 Å². The molecule has 0 bridgehead atoms.